The fourth-order valence-electron chi connectivity index (χ4n) is 1.45. The maximum Gasteiger partial charge on any atom is 0.449 e. The van der Waals surface area contributed by atoms with Crippen LogP contribution >= 0.6 is 15.3 Å². The van der Waals surface area contributed by atoms with Crippen molar-refractivity contribution in [3.63, 3.8) is 0 Å². The molecule has 0 heterocycles. The van der Waals surface area contributed by atoms with Crippen LogP contribution in [0.2, 0.25) is 0 Å². The fraction of sp³-hybridized carbons (Fsp3) is 0.818. The first kappa shape index (κ1) is 23.2. The molecule has 1 unspecified atom stereocenters. The Morgan fingerprint density at radius 1 is 0.958 bits per heavy atom. The molecular weight excluding hydrogens is 366 g/mol. The van der Waals surface area contributed by atoms with Crippen LogP contribution in [-0.4, -0.2) is 54.3 Å². The predicted molar refractivity (Wildman–Crippen MR) is 84.2 cm³/mol. The molecule has 1 atom stereocenters. The van der Waals surface area contributed by atoms with Gasteiger partial charge in [-0.3, -0.25) is 14.1 Å². The molecule has 24 heavy (non-hydrogen) atoms. The molecule has 0 rings (SSSR count). The lowest BCUT2D eigenvalue weighted by Crippen LogP contribution is -2.43. The highest BCUT2D eigenvalue weighted by atomic mass is 31.2. The molecule has 0 fully saturated rings. The van der Waals surface area contributed by atoms with Gasteiger partial charge in [-0.15, -0.1) is 0 Å². The minimum atomic E-state index is -4.75. The van der Waals surface area contributed by atoms with Crippen molar-refractivity contribution in [2.45, 2.75) is 27.7 Å². The number of rotatable bonds is 12. The van der Waals surface area contributed by atoms with Gasteiger partial charge < -0.3 is 18.7 Å². The summed E-state index contributed by atoms with van der Waals surface area (Å²) in [7, 11) is -9.15. The van der Waals surface area contributed by atoms with Gasteiger partial charge in [-0.1, -0.05) is 0 Å². The zero-order valence-electron chi connectivity index (χ0n) is 14.1. The van der Waals surface area contributed by atoms with E-state index in [0.29, 0.717) is 0 Å². The van der Waals surface area contributed by atoms with E-state index in [-0.39, 0.29) is 31.2 Å². The second-order valence-corrected chi connectivity index (χ2v) is 7.51. The summed E-state index contributed by atoms with van der Waals surface area (Å²) in [4.78, 5) is 33.7. The Hall–Kier alpha value is -0.800. The summed E-state index contributed by atoms with van der Waals surface area (Å²) in [6.07, 6.45) is 0. The Kier molecular flexibility index (Phi) is 10.6. The SMILES string of the molecule is CCOC(=O)CNN(C(=O)P(=O)(OCC)OCC)P(=O)(O)OCC. The van der Waals surface area contributed by atoms with Crippen molar-refractivity contribution in [1.29, 1.82) is 0 Å². The Bertz CT molecular complexity index is 504. The van der Waals surface area contributed by atoms with Crippen LogP contribution in [0.5, 0.6) is 0 Å². The molecule has 0 aliphatic rings. The number of nitrogens with zero attached hydrogens (tertiary/aromatic N) is 1. The van der Waals surface area contributed by atoms with Crippen LogP contribution in [0.3, 0.4) is 0 Å². The van der Waals surface area contributed by atoms with Crippen LogP contribution in [0.15, 0.2) is 0 Å². The fourth-order valence-corrected chi connectivity index (χ4v) is 4.31. The van der Waals surface area contributed by atoms with Crippen LogP contribution in [0.1, 0.15) is 27.7 Å². The number of carbonyl (C=O) groups excluding carboxylic acids is 2. The summed E-state index contributed by atoms with van der Waals surface area (Å²) in [5, 5.41) is 0. The van der Waals surface area contributed by atoms with Crippen molar-refractivity contribution in [2.75, 3.05) is 33.0 Å². The Balaban J connectivity index is 5.50. The number of nitrogens with one attached hydrogen (secondary N) is 1. The molecule has 2 N–H and O–H groups in total. The molecule has 0 saturated carbocycles. The number of esters is 1. The van der Waals surface area contributed by atoms with Gasteiger partial charge in [-0.25, -0.2) is 14.6 Å². The molecule has 1 amide bonds. The maximum atomic E-state index is 12.5. The van der Waals surface area contributed by atoms with E-state index in [2.05, 4.69) is 14.7 Å². The van der Waals surface area contributed by atoms with Gasteiger partial charge in [0.15, 0.2) is 0 Å². The van der Waals surface area contributed by atoms with E-state index in [9.17, 15) is 23.6 Å². The van der Waals surface area contributed by atoms with E-state index >= 15 is 0 Å². The molecule has 0 aliphatic carbocycles. The first-order valence-corrected chi connectivity index (χ1v) is 10.4. The summed E-state index contributed by atoms with van der Waals surface area (Å²) in [5.74, 6) is -0.797. The van der Waals surface area contributed by atoms with E-state index < -0.39 is 33.5 Å². The number of carbonyl (C=O) groups is 2. The second-order valence-electron chi connectivity index (χ2n) is 3.98. The number of ether oxygens (including phenoxy) is 1. The highest BCUT2D eigenvalue weighted by molar-refractivity contribution is 7.73. The van der Waals surface area contributed by atoms with Gasteiger partial charge in [-0.05, 0) is 27.7 Å². The highest BCUT2D eigenvalue weighted by Gasteiger charge is 2.46. The third-order valence-corrected chi connectivity index (χ3v) is 5.69. The minimum Gasteiger partial charge on any atom is -0.465 e. The number of hydrogen-bond acceptors (Lipinski definition) is 9. The first-order valence-electron chi connectivity index (χ1n) is 7.29. The summed E-state index contributed by atoms with van der Waals surface area (Å²) in [6.45, 7) is 4.87. The molecule has 0 aliphatic heterocycles. The van der Waals surface area contributed by atoms with Gasteiger partial charge in [0, 0.05) is 0 Å². The molecule has 142 valence electrons. The average molecular weight is 390 g/mol. The van der Waals surface area contributed by atoms with Crippen LogP contribution < -0.4 is 5.43 Å². The van der Waals surface area contributed by atoms with E-state index in [1.54, 1.807) is 6.92 Å². The smallest absolute Gasteiger partial charge is 0.449 e. The van der Waals surface area contributed by atoms with Crippen molar-refractivity contribution in [3.05, 3.63) is 0 Å². The van der Waals surface area contributed by atoms with Crippen molar-refractivity contribution < 1.29 is 41.9 Å². The minimum absolute atomic E-state index is 0.0690. The van der Waals surface area contributed by atoms with Gasteiger partial charge in [0.2, 0.25) is 0 Å². The van der Waals surface area contributed by atoms with Crippen LogP contribution in [0.4, 0.5) is 4.79 Å². The first-order chi connectivity index (χ1) is 11.2. The maximum absolute atomic E-state index is 12.5. The third kappa shape index (κ3) is 6.98. The van der Waals surface area contributed by atoms with Crippen molar-refractivity contribution >= 4 is 27.0 Å². The third-order valence-electron chi connectivity index (χ3n) is 2.24. The summed E-state index contributed by atoms with van der Waals surface area (Å²) >= 11 is 0. The molecule has 0 aromatic heterocycles. The monoisotopic (exact) mass is 390 g/mol. The number of amides is 1. The van der Waals surface area contributed by atoms with Crippen molar-refractivity contribution in [3.8, 4) is 0 Å². The largest absolute Gasteiger partial charge is 0.465 e. The summed E-state index contributed by atoms with van der Waals surface area (Å²) in [6, 6.07) is 0. The van der Waals surface area contributed by atoms with Crippen molar-refractivity contribution in [2.24, 2.45) is 0 Å². The molecular formula is C11H24N2O9P2. The van der Waals surface area contributed by atoms with E-state index in [0.717, 1.165) is 0 Å². The standard InChI is InChI=1S/C11H24N2O9P2/c1-5-19-10(14)9-12-13(24(17,18)22-8-4)11(15)23(16,20-6-2)21-7-3/h12H,5-9H2,1-4H3,(H,17,18). The summed E-state index contributed by atoms with van der Waals surface area (Å²) < 4.78 is 43.7. The molecule has 11 nitrogen and oxygen atoms in total. The lowest BCUT2D eigenvalue weighted by Gasteiger charge is -2.28. The Morgan fingerprint density at radius 3 is 1.88 bits per heavy atom. The Labute approximate surface area is 140 Å². The summed E-state index contributed by atoms with van der Waals surface area (Å²) in [5.41, 5.74) is 0.641. The van der Waals surface area contributed by atoms with Crippen LogP contribution in [-0.2, 0) is 32.2 Å². The molecule has 0 aromatic rings. The van der Waals surface area contributed by atoms with Crippen LogP contribution in [0.25, 0.3) is 0 Å². The second kappa shape index (κ2) is 10.9. The van der Waals surface area contributed by atoms with E-state index in [4.69, 9.17) is 9.05 Å². The highest BCUT2D eigenvalue weighted by Crippen LogP contribution is 2.56. The zero-order chi connectivity index (χ0) is 18.8. The quantitative estimate of drug-likeness (QED) is 0.288. The molecule has 0 spiro atoms. The predicted octanol–water partition coefficient (Wildman–Crippen LogP) is 1.88. The molecule has 0 aromatic carbocycles. The zero-order valence-corrected chi connectivity index (χ0v) is 15.9. The van der Waals surface area contributed by atoms with E-state index in [1.807, 2.05) is 0 Å². The van der Waals surface area contributed by atoms with Gasteiger partial charge in [0.25, 0.3) is 0 Å². The van der Waals surface area contributed by atoms with Crippen molar-refractivity contribution in [1.82, 2.24) is 10.2 Å². The number of hydrazine groups is 1. The van der Waals surface area contributed by atoms with Gasteiger partial charge in [0.05, 0.1) is 26.4 Å². The van der Waals surface area contributed by atoms with E-state index in [1.165, 1.54) is 20.8 Å². The molecule has 0 bridgehead atoms. The van der Waals surface area contributed by atoms with Gasteiger partial charge >= 0.3 is 27.0 Å². The lowest BCUT2D eigenvalue weighted by atomic mass is 10.7. The van der Waals surface area contributed by atoms with Gasteiger partial charge in [-0.2, -0.15) is 4.78 Å². The molecule has 0 radical (unpaired) electrons. The van der Waals surface area contributed by atoms with Crippen LogP contribution in [0, 0.1) is 0 Å². The topological polar surface area (TPSA) is 141 Å². The normalized spacial score (nSPS) is 14.0. The molecule has 0 saturated heterocycles. The Morgan fingerprint density at radius 2 is 1.46 bits per heavy atom. The average Bonchev–Trinajstić information content (AvgIpc) is 2.47. The lowest BCUT2D eigenvalue weighted by molar-refractivity contribution is -0.142. The molecule has 13 heteroatoms. The number of hydrogen-bond donors (Lipinski definition) is 2. The van der Waals surface area contributed by atoms with Gasteiger partial charge in [0.1, 0.15) is 6.54 Å².